The molecule has 1 aliphatic rings. The molecule has 40 heavy (non-hydrogen) atoms. The number of rotatable bonds is 7. The molecule has 2 aromatic rings. The lowest BCUT2D eigenvalue weighted by atomic mass is 10.0. The van der Waals surface area contributed by atoms with Crippen LogP contribution >= 0.6 is 0 Å². The summed E-state index contributed by atoms with van der Waals surface area (Å²) in [7, 11) is -4.73. The number of sulfonamides is 1. The molecule has 0 bridgehead atoms. The first-order valence-electron chi connectivity index (χ1n) is 11.5. The summed E-state index contributed by atoms with van der Waals surface area (Å²) in [5.41, 5.74) is -4.57. The summed E-state index contributed by atoms with van der Waals surface area (Å²) < 4.78 is 117. The van der Waals surface area contributed by atoms with Crippen molar-refractivity contribution in [1.82, 2.24) is 0 Å². The van der Waals surface area contributed by atoms with Crippen molar-refractivity contribution in [3.63, 3.8) is 0 Å². The Morgan fingerprint density at radius 2 is 1.77 bits per heavy atom. The number of anilines is 2. The lowest BCUT2D eigenvalue weighted by Gasteiger charge is -2.36. The molecule has 16 heteroatoms. The Morgan fingerprint density at radius 1 is 1.12 bits per heavy atom. The fourth-order valence-electron chi connectivity index (χ4n) is 3.63. The molecule has 9 nitrogen and oxygen atoms in total. The second kappa shape index (κ2) is 10.7. The van der Waals surface area contributed by atoms with E-state index in [0.717, 1.165) is 18.2 Å². The van der Waals surface area contributed by atoms with Gasteiger partial charge in [-0.25, -0.2) is 13.2 Å². The van der Waals surface area contributed by atoms with Crippen molar-refractivity contribution in [3.8, 4) is 5.75 Å². The highest BCUT2D eigenvalue weighted by molar-refractivity contribution is 7.92. The summed E-state index contributed by atoms with van der Waals surface area (Å²) in [6.45, 7) is 2.08. The van der Waals surface area contributed by atoms with Gasteiger partial charge in [0.1, 0.15) is 11.9 Å². The molecule has 220 valence electrons. The average Bonchev–Trinajstić information content (AvgIpc) is 2.82. The van der Waals surface area contributed by atoms with E-state index in [1.54, 1.807) is 0 Å². The minimum atomic E-state index is -4.90. The van der Waals surface area contributed by atoms with Crippen LogP contribution in [-0.4, -0.2) is 50.0 Å². The van der Waals surface area contributed by atoms with Gasteiger partial charge in [0, 0.05) is 5.69 Å². The molecular weight excluding hydrogens is 574 g/mol. The Bertz CT molecular complexity index is 1390. The number of aliphatic carboxylic acids is 1. The van der Waals surface area contributed by atoms with Gasteiger partial charge in [-0.05, 0) is 56.7 Å². The number of benzene rings is 2. The molecule has 0 radical (unpaired) electrons. The molecule has 2 aromatic carbocycles. The van der Waals surface area contributed by atoms with Gasteiger partial charge in [0.05, 0.1) is 28.6 Å². The number of fused-ring (bicyclic) bond motifs is 1. The van der Waals surface area contributed by atoms with Crippen LogP contribution in [0.5, 0.6) is 5.75 Å². The number of hydrogen-bond donors (Lipinski definition) is 2. The van der Waals surface area contributed by atoms with Gasteiger partial charge in [0.15, 0.2) is 0 Å². The fraction of sp³-hybridized carbons (Fsp3) is 0.417. The van der Waals surface area contributed by atoms with Gasteiger partial charge in [-0.15, -0.1) is 0 Å². The summed E-state index contributed by atoms with van der Waals surface area (Å²) in [5, 5.41) is 11.3. The largest absolute Gasteiger partial charge is 0.486 e. The van der Waals surface area contributed by atoms with Crippen LogP contribution in [0.25, 0.3) is 0 Å². The van der Waals surface area contributed by atoms with Crippen LogP contribution in [0.3, 0.4) is 0 Å². The normalized spacial score (nSPS) is 16.9. The van der Waals surface area contributed by atoms with Crippen LogP contribution in [0.15, 0.2) is 47.4 Å². The number of ether oxygens (including phenoxy) is 2. The molecule has 0 fully saturated rings. The molecule has 0 aromatic heterocycles. The van der Waals surface area contributed by atoms with Crippen molar-refractivity contribution in [2.75, 3.05) is 16.2 Å². The Labute approximate surface area is 224 Å². The van der Waals surface area contributed by atoms with Crippen molar-refractivity contribution >= 4 is 33.5 Å². The third-order valence-corrected chi connectivity index (χ3v) is 7.73. The van der Waals surface area contributed by atoms with E-state index in [2.05, 4.69) is 10.1 Å². The van der Waals surface area contributed by atoms with Crippen LogP contribution in [0.2, 0.25) is 0 Å². The second-order valence-electron chi connectivity index (χ2n) is 9.48. The van der Waals surface area contributed by atoms with Gasteiger partial charge in [0.25, 0.3) is 10.0 Å². The third kappa shape index (κ3) is 6.71. The number of nitrogens with one attached hydrogen (secondary N) is 1. The highest BCUT2D eigenvalue weighted by atomic mass is 32.2. The van der Waals surface area contributed by atoms with Crippen molar-refractivity contribution in [1.29, 1.82) is 0 Å². The van der Waals surface area contributed by atoms with Crippen LogP contribution < -0.4 is 14.4 Å². The summed E-state index contributed by atoms with van der Waals surface area (Å²) in [6.07, 6.45) is -12.5. The van der Waals surface area contributed by atoms with Crippen LogP contribution in [0.1, 0.15) is 32.8 Å². The standard InChI is InChI=1S/C24H24F6N2O7S/c1-13(20(33)34)9-16-12-32(40(36,37)17-6-4-5-14(10-17)23(25,26)27)18-11-15(7-8-19(18)38-16)31-21(35)39-22(2,3)24(28,29)30/h4-8,10-11,13,16H,9,12H2,1-3H3,(H,31,35)(H,33,34). The van der Waals surface area contributed by atoms with Crippen molar-refractivity contribution in [2.45, 2.75) is 56.1 Å². The zero-order chi connectivity index (χ0) is 30.3. The Kier molecular flexibility index (Phi) is 8.26. The number of carboxylic acids is 1. The summed E-state index contributed by atoms with van der Waals surface area (Å²) in [4.78, 5) is 22.8. The van der Waals surface area contributed by atoms with Crippen LogP contribution in [0.4, 0.5) is 42.5 Å². The number of alkyl halides is 6. The van der Waals surface area contributed by atoms with E-state index in [-0.39, 0.29) is 23.5 Å². The molecule has 0 aliphatic carbocycles. The first kappa shape index (κ1) is 30.8. The molecule has 0 saturated heterocycles. The quantitative estimate of drug-likeness (QED) is 0.395. The molecule has 2 N–H and O–H groups in total. The lowest BCUT2D eigenvalue weighted by molar-refractivity contribution is -0.242. The number of amides is 1. The maximum Gasteiger partial charge on any atom is 0.427 e. The van der Waals surface area contributed by atoms with E-state index in [1.807, 2.05) is 0 Å². The molecule has 0 spiro atoms. The predicted octanol–water partition coefficient (Wildman–Crippen LogP) is 5.66. The number of carboxylic acid groups (broad SMARTS) is 1. The molecule has 0 saturated carbocycles. The summed E-state index contributed by atoms with van der Waals surface area (Å²) in [5.74, 6) is -2.29. The molecule has 2 unspecified atom stereocenters. The highest BCUT2D eigenvalue weighted by Gasteiger charge is 2.51. The monoisotopic (exact) mass is 598 g/mol. The number of carbonyl (C=O) groups is 2. The maximum atomic E-state index is 13.6. The minimum Gasteiger partial charge on any atom is -0.486 e. The van der Waals surface area contributed by atoms with Gasteiger partial charge >= 0.3 is 24.4 Å². The maximum absolute atomic E-state index is 13.6. The van der Waals surface area contributed by atoms with Gasteiger partial charge < -0.3 is 14.6 Å². The fourth-order valence-corrected chi connectivity index (χ4v) is 5.17. The number of carbonyl (C=O) groups excluding carboxylic acids is 1. The number of halogens is 6. The minimum absolute atomic E-state index is 0.126. The molecule has 1 aliphatic heterocycles. The predicted molar refractivity (Wildman–Crippen MR) is 128 cm³/mol. The van der Waals surface area contributed by atoms with Gasteiger partial charge in [-0.2, -0.15) is 26.3 Å². The van der Waals surface area contributed by atoms with Crippen molar-refractivity contribution < 1.29 is 58.9 Å². The van der Waals surface area contributed by atoms with E-state index in [1.165, 1.54) is 19.1 Å². The van der Waals surface area contributed by atoms with E-state index in [4.69, 9.17) is 4.74 Å². The van der Waals surface area contributed by atoms with Crippen molar-refractivity contribution in [3.05, 3.63) is 48.0 Å². The number of nitrogens with zero attached hydrogens (tertiary/aromatic N) is 1. The zero-order valence-electron chi connectivity index (χ0n) is 21.1. The Morgan fingerprint density at radius 3 is 2.35 bits per heavy atom. The van der Waals surface area contributed by atoms with Gasteiger partial charge in [-0.3, -0.25) is 14.4 Å². The lowest BCUT2D eigenvalue weighted by Crippen LogP contribution is -2.45. The van der Waals surface area contributed by atoms with Crippen LogP contribution in [-0.2, 0) is 25.7 Å². The SMILES string of the molecule is CC(CC1CN(S(=O)(=O)c2cccc(C(F)(F)F)c2)c2cc(NC(=O)OC(C)(C)C(F)(F)F)ccc2O1)C(=O)O. The van der Waals surface area contributed by atoms with Gasteiger partial charge in [-0.1, -0.05) is 13.0 Å². The van der Waals surface area contributed by atoms with Crippen LogP contribution in [0, 0.1) is 5.92 Å². The molecule has 2 atom stereocenters. The topological polar surface area (TPSA) is 122 Å². The molecule has 1 heterocycles. The highest BCUT2D eigenvalue weighted by Crippen LogP contribution is 2.41. The van der Waals surface area contributed by atoms with Crippen molar-refractivity contribution in [2.24, 2.45) is 5.92 Å². The first-order chi connectivity index (χ1) is 18.2. The number of hydrogen-bond acceptors (Lipinski definition) is 6. The molecule has 1 amide bonds. The second-order valence-corrected chi connectivity index (χ2v) is 11.3. The molecule has 3 rings (SSSR count). The van der Waals surface area contributed by atoms with E-state index in [0.29, 0.717) is 30.3 Å². The van der Waals surface area contributed by atoms with E-state index < -0.39 is 69.1 Å². The first-order valence-corrected chi connectivity index (χ1v) is 13.0. The zero-order valence-corrected chi connectivity index (χ0v) is 21.9. The Hall–Kier alpha value is -3.69. The van der Waals surface area contributed by atoms with E-state index >= 15 is 0 Å². The summed E-state index contributed by atoms with van der Waals surface area (Å²) >= 11 is 0. The Balaban J connectivity index is 2.02. The molecular formula is C24H24F6N2O7S. The van der Waals surface area contributed by atoms with Gasteiger partial charge in [0.2, 0.25) is 5.60 Å². The third-order valence-electron chi connectivity index (χ3n) is 5.96. The average molecular weight is 599 g/mol. The summed E-state index contributed by atoms with van der Waals surface area (Å²) in [6, 6.07) is 6.31. The smallest absolute Gasteiger partial charge is 0.427 e. The van der Waals surface area contributed by atoms with E-state index in [9.17, 15) is 49.5 Å².